The number of piperazine rings is 1. The monoisotopic (exact) mass is 467 g/mol. The number of carbonyl (C=O) groups excluding carboxylic acids is 1. The zero-order valence-corrected chi connectivity index (χ0v) is 19.5. The molecule has 9 nitrogen and oxygen atoms in total. The van der Waals surface area contributed by atoms with Gasteiger partial charge < -0.3 is 24.5 Å². The summed E-state index contributed by atoms with van der Waals surface area (Å²) in [6.07, 6.45) is -4.11. The lowest BCUT2D eigenvalue weighted by Gasteiger charge is -2.39. The van der Waals surface area contributed by atoms with Gasteiger partial charge in [0.25, 0.3) is 6.43 Å². The lowest BCUT2D eigenvalue weighted by Crippen LogP contribution is -2.54. The number of hydrogen-bond donors (Lipinski definition) is 2. The Morgan fingerprint density at radius 3 is 2.61 bits per heavy atom. The molecule has 1 aromatic heterocycles. The highest BCUT2D eigenvalue weighted by Gasteiger charge is 2.29. The number of aliphatic hydroxyl groups excluding tert-OH is 1. The molecule has 0 unspecified atom stereocenters. The van der Waals surface area contributed by atoms with Gasteiger partial charge in [-0.25, -0.2) is 13.6 Å². The molecule has 1 aliphatic rings. The van der Waals surface area contributed by atoms with E-state index in [1.807, 2.05) is 27.7 Å². The quantitative estimate of drug-likeness (QED) is 0.626. The van der Waals surface area contributed by atoms with E-state index in [2.05, 4.69) is 20.4 Å². The van der Waals surface area contributed by atoms with E-state index in [0.29, 0.717) is 31.9 Å². The second-order valence-corrected chi connectivity index (χ2v) is 8.61. The molecule has 1 amide bonds. The molecule has 0 aliphatic carbocycles. The number of alkyl halides is 2. The Balaban J connectivity index is 1.76. The summed E-state index contributed by atoms with van der Waals surface area (Å²) in [5, 5.41) is 20.0. The highest BCUT2D eigenvalue weighted by atomic mass is 19.3. The van der Waals surface area contributed by atoms with E-state index in [1.165, 1.54) is 19.1 Å². The number of ether oxygens (including phenoxy) is 1. The fourth-order valence-electron chi connectivity index (χ4n) is 3.75. The Morgan fingerprint density at radius 1 is 1.30 bits per heavy atom. The maximum Gasteiger partial charge on any atom is 0.410 e. The highest BCUT2D eigenvalue weighted by molar-refractivity contribution is 5.68. The zero-order chi connectivity index (χ0) is 24.3. The predicted molar refractivity (Wildman–Crippen MR) is 117 cm³/mol. The molecule has 2 N–H and O–H groups in total. The highest BCUT2D eigenvalue weighted by Crippen LogP contribution is 2.31. The van der Waals surface area contributed by atoms with E-state index in [9.17, 15) is 18.7 Å². The van der Waals surface area contributed by atoms with Crippen LogP contribution < -0.4 is 5.32 Å². The first kappa shape index (κ1) is 24.8. The molecule has 1 saturated heterocycles. The van der Waals surface area contributed by atoms with Gasteiger partial charge >= 0.3 is 12.1 Å². The summed E-state index contributed by atoms with van der Waals surface area (Å²) in [6.45, 7) is 11.0. The number of aromatic nitrogens is 2. The minimum absolute atomic E-state index is 0.0114. The van der Waals surface area contributed by atoms with Crippen molar-refractivity contribution in [3.8, 4) is 0 Å². The smallest absolute Gasteiger partial charge is 0.410 e. The summed E-state index contributed by atoms with van der Waals surface area (Å²) >= 11 is 0. The van der Waals surface area contributed by atoms with Crippen LogP contribution in [0.4, 0.5) is 25.3 Å². The third kappa shape index (κ3) is 6.17. The minimum Gasteiger partial charge on any atom is -0.447 e. The molecule has 11 heteroatoms. The second-order valence-electron chi connectivity index (χ2n) is 8.61. The summed E-state index contributed by atoms with van der Waals surface area (Å²) in [4.78, 5) is 16.1. The van der Waals surface area contributed by atoms with Crippen LogP contribution in [0.1, 0.15) is 62.8 Å². The summed E-state index contributed by atoms with van der Waals surface area (Å²) in [7, 11) is 0. The van der Waals surface area contributed by atoms with Gasteiger partial charge in [0.2, 0.25) is 5.89 Å². The van der Waals surface area contributed by atoms with Crippen molar-refractivity contribution in [3.05, 3.63) is 34.7 Å². The van der Waals surface area contributed by atoms with Gasteiger partial charge in [0.15, 0.2) is 0 Å². The number of hydrogen-bond acceptors (Lipinski definition) is 8. The van der Waals surface area contributed by atoms with Gasteiger partial charge in [0.05, 0.1) is 6.10 Å². The third-order valence-corrected chi connectivity index (χ3v) is 5.51. The van der Waals surface area contributed by atoms with E-state index < -0.39 is 12.5 Å². The molecule has 0 saturated carbocycles. The molecule has 0 bridgehead atoms. The van der Waals surface area contributed by atoms with E-state index in [0.717, 1.165) is 11.1 Å². The number of anilines is 2. The number of amides is 1. The SMILES string of the molecule is Cc1c(CN2CCN(C(=O)OC(C)C)[C@@H](C)C2)cc(C(F)F)cc1Nc1nnc([C@H](C)O)o1. The third-order valence-electron chi connectivity index (χ3n) is 5.51. The Bertz CT molecular complexity index is 966. The molecule has 182 valence electrons. The van der Waals surface area contributed by atoms with Crippen molar-refractivity contribution in [2.75, 3.05) is 25.0 Å². The second kappa shape index (κ2) is 10.4. The van der Waals surface area contributed by atoms with Crippen molar-refractivity contribution in [2.24, 2.45) is 0 Å². The summed E-state index contributed by atoms with van der Waals surface area (Å²) in [5.74, 6) is 0.0308. The minimum atomic E-state index is -2.65. The van der Waals surface area contributed by atoms with Gasteiger partial charge in [-0.2, -0.15) is 0 Å². The predicted octanol–water partition coefficient (Wildman–Crippen LogP) is 4.16. The molecular formula is C22H31F2N5O4. The molecule has 1 aliphatic heterocycles. The first-order chi connectivity index (χ1) is 15.5. The van der Waals surface area contributed by atoms with Crippen LogP contribution in [-0.4, -0.2) is 63.0 Å². The van der Waals surface area contributed by atoms with Gasteiger partial charge in [-0.1, -0.05) is 5.10 Å². The van der Waals surface area contributed by atoms with Crippen molar-refractivity contribution in [1.82, 2.24) is 20.0 Å². The number of carbonyl (C=O) groups is 1. The molecular weight excluding hydrogens is 436 g/mol. The van der Waals surface area contributed by atoms with Crippen LogP contribution >= 0.6 is 0 Å². The van der Waals surface area contributed by atoms with Crippen LogP contribution in [0.2, 0.25) is 0 Å². The molecule has 0 spiro atoms. The normalized spacial score (nSPS) is 18.1. The number of halogens is 2. The molecule has 2 atom stereocenters. The Hall–Kier alpha value is -2.79. The van der Waals surface area contributed by atoms with Gasteiger partial charge in [-0.3, -0.25) is 4.90 Å². The van der Waals surface area contributed by atoms with E-state index in [1.54, 1.807) is 4.90 Å². The first-order valence-corrected chi connectivity index (χ1v) is 10.9. The van der Waals surface area contributed by atoms with Crippen LogP contribution in [0.25, 0.3) is 0 Å². The van der Waals surface area contributed by atoms with Gasteiger partial charge in [0.1, 0.15) is 6.10 Å². The van der Waals surface area contributed by atoms with Crippen molar-refractivity contribution < 1.29 is 27.8 Å². The number of nitrogens with zero attached hydrogens (tertiary/aromatic N) is 4. The van der Waals surface area contributed by atoms with E-state index in [-0.39, 0.29) is 35.7 Å². The van der Waals surface area contributed by atoms with Crippen LogP contribution in [-0.2, 0) is 11.3 Å². The van der Waals surface area contributed by atoms with Gasteiger partial charge in [0, 0.05) is 43.5 Å². The van der Waals surface area contributed by atoms with Crippen molar-refractivity contribution in [3.63, 3.8) is 0 Å². The largest absolute Gasteiger partial charge is 0.447 e. The lowest BCUT2D eigenvalue weighted by atomic mass is 10.0. The average Bonchev–Trinajstić information content (AvgIpc) is 3.19. The van der Waals surface area contributed by atoms with E-state index in [4.69, 9.17) is 9.15 Å². The van der Waals surface area contributed by atoms with Gasteiger partial charge in [-0.05, 0) is 57.9 Å². The van der Waals surface area contributed by atoms with Crippen molar-refractivity contribution in [2.45, 2.75) is 65.8 Å². The van der Waals surface area contributed by atoms with Crippen LogP contribution in [0.3, 0.4) is 0 Å². The molecule has 2 heterocycles. The maximum atomic E-state index is 13.6. The zero-order valence-electron chi connectivity index (χ0n) is 19.5. The van der Waals surface area contributed by atoms with Crippen molar-refractivity contribution in [1.29, 1.82) is 0 Å². The first-order valence-electron chi connectivity index (χ1n) is 10.9. The van der Waals surface area contributed by atoms with Gasteiger partial charge in [-0.15, -0.1) is 5.10 Å². The average molecular weight is 468 g/mol. The topological polar surface area (TPSA) is 104 Å². The standard InChI is InChI=1S/C22H31F2N5O4/c1-12(2)32-22(31)29-7-6-28(10-13(29)3)11-17-8-16(19(23)24)9-18(14(17)4)25-21-27-26-20(33-21)15(5)30/h8-9,12-13,15,19,30H,6-7,10-11H2,1-5H3,(H,25,27)/t13-,15-/m0/s1. The van der Waals surface area contributed by atoms with E-state index >= 15 is 0 Å². The maximum absolute atomic E-state index is 13.6. The fraction of sp³-hybridized carbons (Fsp3) is 0.591. The molecule has 33 heavy (non-hydrogen) atoms. The van der Waals surface area contributed by atoms with Crippen LogP contribution in [0, 0.1) is 6.92 Å². The molecule has 0 radical (unpaired) electrons. The lowest BCUT2D eigenvalue weighted by molar-refractivity contribution is 0.0349. The molecule has 1 aromatic carbocycles. The Morgan fingerprint density at radius 2 is 2.03 bits per heavy atom. The summed E-state index contributed by atoms with van der Waals surface area (Å²) in [6, 6.07) is 2.80. The Labute approximate surface area is 191 Å². The molecule has 3 rings (SSSR count). The molecule has 1 fully saturated rings. The number of benzene rings is 1. The summed E-state index contributed by atoms with van der Waals surface area (Å²) < 4.78 is 37.9. The number of rotatable bonds is 7. The molecule has 2 aromatic rings. The Kier molecular flexibility index (Phi) is 7.85. The number of nitrogens with one attached hydrogen (secondary N) is 1. The van der Waals surface area contributed by atoms with Crippen LogP contribution in [0.15, 0.2) is 16.5 Å². The number of aliphatic hydroxyl groups is 1. The summed E-state index contributed by atoms with van der Waals surface area (Å²) in [5.41, 5.74) is 1.80. The fourth-order valence-corrected chi connectivity index (χ4v) is 3.75. The van der Waals surface area contributed by atoms with Crippen LogP contribution in [0.5, 0.6) is 0 Å². The van der Waals surface area contributed by atoms with Crippen molar-refractivity contribution >= 4 is 17.8 Å².